The summed E-state index contributed by atoms with van der Waals surface area (Å²) in [5.74, 6) is 5.19. The monoisotopic (exact) mass is 585 g/mol. The SMILES string of the molecule is COc1ccc(SCCOc2c(OC)cc(C3CCC(c4cc(OC)c(OC)c(OC)c4)S3)cc2N(C)C)cc1. The van der Waals surface area contributed by atoms with Crippen LogP contribution in [0.4, 0.5) is 5.69 Å². The lowest BCUT2D eigenvalue weighted by Crippen LogP contribution is -2.13. The number of methoxy groups -OCH3 is 5. The van der Waals surface area contributed by atoms with Crippen molar-refractivity contribution >= 4 is 29.2 Å². The molecule has 4 rings (SSSR count). The van der Waals surface area contributed by atoms with Gasteiger partial charge in [-0.2, -0.15) is 0 Å². The number of benzene rings is 3. The number of hydrogen-bond acceptors (Lipinski definition) is 9. The molecule has 216 valence electrons. The van der Waals surface area contributed by atoms with Crippen molar-refractivity contribution in [3.05, 3.63) is 59.7 Å². The van der Waals surface area contributed by atoms with Gasteiger partial charge in [0, 0.05) is 35.2 Å². The summed E-state index contributed by atoms with van der Waals surface area (Å²) >= 11 is 3.71. The Morgan fingerprint density at radius 2 is 1.27 bits per heavy atom. The van der Waals surface area contributed by atoms with Gasteiger partial charge in [-0.05, 0) is 72.5 Å². The number of ether oxygens (including phenoxy) is 6. The molecule has 7 nitrogen and oxygen atoms in total. The van der Waals surface area contributed by atoms with Crippen LogP contribution in [-0.4, -0.2) is 62.0 Å². The molecule has 0 spiro atoms. The summed E-state index contributed by atoms with van der Waals surface area (Å²) in [6, 6.07) is 16.6. The largest absolute Gasteiger partial charge is 0.497 e. The zero-order valence-corrected chi connectivity index (χ0v) is 25.9. The molecule has 3 aromatic carbocycles. The fraction of sp³-hybridized carbons (Fsp3) is 0.419. The van der Waals surface area contributed by atoms with Crippen LogP contribution in [0.25, 0.3) is 0 Å². The number of nitrogens with zero attached hydrogens (tertiary/aromatic N) is 1. The van der Waals surface area contributed by atoms with Crippen molar-refractivity contribution in [2.75, 3.05) is 66.9 Å². The Labute approximate surface area is 246 Å². The van der Waals surface area contributed by atoms with Crippen molar-refractivity contribution in [1.29, 1.82) is 0 Å². The second kappa shape index (κ2) is 14.0. The van der Waals surface area contributed by atoms with Crippen molar-refractivity contribution in [1.82, 2.24) is 0 Å². The summed E-state index contributed by atoms with van der Waals surface area (Å²) in [4.78, 5) is 3.27. The van der Waals surface area contributed by atoms with Crippen LogP contribution in [0, 0.1) is 0 Å². The molecule has 1 saturated heterocycles. The first-order valence-electron chi connectivity index (χ1n) is 13.2. The average Bonchev–Trinajstić information content (AvgIpc) is 3.49. The summed E-state index contributed by atoms with van der Waals surface area (Å²) in [6.07, 6.45) is 2.11. The minimum atomic E-state index is 0.318. The van der Waals surface area contributed by atoms with Gasteiger partial charge in [-0.15, -0.1) is 23.5 Å². The van der Waals surface area contributed by atoms with Crippen LogP contribution < -0.4 is 33.3 Å². The van der Waals surface area contributed by atoms with E-state index in [-0.39, 0.29) is 0 Å². The molecule has 0 bridgehead atoms. The molecule has 9 heteroatoms. The number of anilines is 1. The first-order valence-corrected chi connectivity index (χ1v) is 15.1. The fourth-order valence-corrected chi connectivity index (χ4v) is 7.07. The second-order valence-electron chi connectivity index (χ2n) is 9.49. The molecular formula is C31H39NO6S2. The third kappa shape index (κ3) is 6.81. The Morgan fingerprint density at radius 3 is 1.77 bits per heavy atom. The van der Waals surface area contributed by atoms with E-state index in [4.69, 9.17) is 28.4 Å². The first-order chi connectivity index (χ1) is 19.4. The predicted molar refractivity (Wildman–Crippen MR) is 165 cm³/mol. The van der Waals surface area contributed by atoms with Crippen molar-refractivity contribution < 1.29 is 28.4 Å². The molecule has 40 heavy (non-hydrogen) atoms. The molecule has 0 amide bonds. The van der Waals surface area contributed by atoms with E-state index < -0.39 is 0 Å². The van der Waals surface area contributed by atoms with Crippen molar-refractivity contribution in [3.8, 4) is 34.5 Å². The van der Waals surface area contributed by atoms with Gasteiger partial charge in [-0.1, -0.05) is 0 Å². The molecule has 0 aromatic heterocycles. The summed E-state index contributed by atoms with van der Waals surface area (Å²) in [5.41, 5.74) is 3.43. The van der Waals surface area contributed by atoms with Gasteiger partial charge >= 0.3 is 0 Å². The van der Waals surface area contributed by atoms with E-state index in [9.17, 15) is 0 Å². The van der Waals surface area contributed by atoms with Crippen molar-refractivity contribution in [2.45, 2.75) is 28.2 Å². The zero-order chi connectivity index (χ0) is 28.6. The lowest BCUT2D eigenvalue weighted by molar-refractivity contribution is 0.314. The summed E-state index contributed by atoms with van der Waals surface area (Å²) in [6.45, 7) is 0.564. The van der Waals surface area contributed by atoms with Gasteiger partial charge in [-0.3, -0.25) is 0 Å². The van der Waals surface area contributed by atoms with Gasteiger partial charge in [0.1, 0.15) is 5.75 Å². The normalized spacial score (nSPS) is 16.4. The molecule has 1 fully saturated rings. The lowest BCUT2D eigenvalue weighted by Gasteiger charge is -2.23. The van der Waals surface area contributed by atoms with Crippen LogP contribution in [0.2, 0.25) is 0 Å². The van der Waals surface area contributed by atoms with E-state index in [0.29, 0.717) is 34.4 Å². The molecule has 2 atom stereocenters. The van der Waals surface area contributed by atoms with E-state index in [1.165, 1.54) is 16.0 Å². The van der Waals surface area contributed by atoms with Gasteiger partial charge in [0.05, 0.1) is 47.8 Å². The van der Waals surface area contributed by atoms with Crippen LogP contribution in [-0.2, 0) is 0 Å². The highest BCUT2D eigenvalue weighted by molar-refractivity contribution is 8.00. The Bertz CT molecular complexity index is 1240. The van der Waals surface area contributed by atoms with Crippen LogP contribution in [0.15, 0.2) is 53.4 Å². The van der Waals surface area contributed by atoms with Crippen molar-refractivity contribution in [3.63, 3.8) is 0 Å². The lowest BCUT2D eigenvalue weighted by atomic mass is 10.0. The highest BCUT2D eigenvalue weighted by Crippen LogP contribution is 2.56. The smallest absolute Gasteiger partial charge is 0.203 e. The second-order valence-corrected chi connectivity index (χ2v) is 12.1. The Hall–Kier alpha value is -3.04. The van der Waals surface area contributed by atoms with E-state index >= 15 is 0 Å². The fourth-order valence-electron chi connectivity index (χ4n) is 4.81. The van der Waals surface area contributed by atoms with Gasteiger partial charge in [0.2, 0.25) is 5.75 Å². The molecular weight excluding hydrogens is 546 g/mol. The molecule has 0 aliphatic carbocycles. The summed E-state index contributed by atoms with van der Waals surface area (Å²) in [7, 11) is 12.4. The standard InChI is InChI=1S/C31H39NO6S2/c1-32(2)24-16-20(17-25(34-4)30(24)38-14-15-39-23-10-8-22(33-3)9-11-23)28-12-13-29(40-28)21-18-26(35-5)31(37-7)27(19-21)36-6/h8-11,16-19,28-29H,12-15H2,1-7H3. The van der Waals surface area contributed by atoms with Gasteiger partial charge in [-0.25, -0.2) is 0 Å². The molecule has 1 heterocycles. The maximum Gasteiger partial charge on any atom is 0.203 e. The van der Waals surface area contributed by atoms with E-state index in [0.717, 1.165) is 41.5 Å². The van der Waals surface area contributed by atoms with Crippen LogP contribution in [0.1, 0.15) is 34.5 Å². The van der Waals surface area contributed by atoms with E-state index in [2.05, 4.69) is 41.3 Å². The van der Waals surface area contributed by atoms with Crippen LogP contribution in [0.3, 0.4) is 0 Å². The molecule has 3 aromatic rings. The highest BCUT2D eigenvalue weighted by atomic mass is 32.2. The van der Waals surface area contributed by atoms with E-state index in [1.807, 2.05) is 38.0 Å². The van der Waals surface area contributed by atoms with Gasteiger partial charge < -0.3 is 33.3 Å². The molecule has 0 saturated carbocycles. The number of hydrogen-bond donors (Lipinski definition) is 0. The van der Waals surface area contributed by atoms with Crippen molar-refractivity contribution in [2.24, 2.45) is 0 Å². The molecule has 1 aliphatic heterocycles. The first kappa shape index (κ1) is 29.9. The van der Waals surface area contributed by atoms with Crippen LogP contribution in [0.5, 0.6) is 34.5 Å². The summed E-state index contributed by atoms with van der Waals surface area (Å²) in [5, 5.41) is 0.648. The average molecular weight is 586 g/mol. The molecule has 2 unspecified atom stereocenters. The maximum absolute atomic E-state index is 6.31. The number of rotatable bonds is 13. The third-order valence-electron chi connectivity index (χ3n) is 6.87. The van der Waals surface area contributed by atoms with Crippen LogP contribution >= 0.6 is 23.5 Å². The predicted octanol–water partition coefficient (Wildman–Crippen LogP) is 7.28. The Morgan fingerprint density at radius 1 is 0.725 bits per heavy atom. The third-order valence-corrected chi connectivity index (χ3v) is 9.52. The minimum absolute atomic E-state index is 0.318. The van der Waals surface area contributed by atoms with Gasteiger partial charge in [0.15, 0.2) is 23.0 Å². The zero-order valence-electron chi connectivity index (χ0n) is 24.3. The summed E-state index contributed by atoms with van der Waals surface area (Å²) < 4.78 is 34.1. The highest BCUT2D eigenvalue weighted by Gasteiger charge is 2.31. The topological polar surface area (TPSA) is 58.6 Å². The molecule has 0 radical (unpaired) electrons. The molecule has 0 N–H and O–H groups in total. The Kier molecular flexibility index (Phi) is 10.5. The minimum Gasteiger partial charge on any atom is -0.497 e. The Balaban J connectivity index is 1.48. The quantitative estimate of drug-likeness (QED) is 0.152. The van der Waals surface area contributed by atoms with E-state index in [1.54, 1.807) is 47.3 Å². The molecule has 1 aliphatic rings. The van der Waals surface area contributed by atoms with Gasteiger partial charge in [0.25, 0.3) is 0 Å². The number of thioether (sulfide) groups is 2. The maximum atomic E-state index is 6.31.